The van der Waals surface area contributed by atoms with Gasteiger partial charge in [0.1, 0.15) is 0 Å². The number of ether oxygens (including phenoxy) is 3. The van der Waals surface area contributed by atoms with Gasteiger partial charge in [-0.2, -0.15) is 0 Å². The zero-order chi connectivity index (χ0) is 13.2. The van der Waals surface area contributed by atoms with Gasteiger partial charge >= 0.3 is 0 Å². The molecule has 1 heterocycles. The molecule has 2 unspecified atom stereocenters. The van der Waals surface area contributed by atoms with Gasteiger partial charge in [0.25, 0.3) is 0 Å². The lowest BCUT2D eigenvalue weighted by molar-refractivity contribution is -0.135. The van der Waals surface area contributed by atoms with Gasteiger partial charge in [0.2, 0.25) is 0 Å². The Morgan fingerprint density at radius 3 is 2.56 bits per heavy atom. The van der Waals surface area contributed by atoms with E-state index in [1.807, 2.05) is 13.8 Å². The van der Waals surface area contributed by atoms with Crippen LogP contribution in [-0.4, -0.2) is 44.8 Å². The highest BCUT2D eigenvalue weighted by Gasteiger charge is 2.22. The summed E-state index contributed by atoms with van der Waals surface area (Å²) < 4.78 is 16.8. The maximum Gasteiger partial charge on any atom is 0.169 e. The Balaban J connectivity index is 2.23. The van der Waals surface area contributed by atoms with E-state index < -0.39 is 0 Å². The van der Waals surface area contributed by atoms with Gasteiger partial charge in [0.15, 0.2) is 6.29 Å². The third kappa shape index (κ3) is 6.14. The topological polar surface area (TPSA) is 39.7 Å². The van der Waals surface area contributed by atoms with E-state index in [4.69, 9.17) is 14.2 Å². The van der Waals surface area contributed by atoms with Gasteiger partial charge in [0, 0.05) is 32.4 Å². The smallest absolute Gasteiger partial charge is 0.169 e. The van der Waals surface area contributed by atoms with Crippen LogP contribution in [0.25, 0.3) is 0 Å². The van der Waals surface area contributed by atoms with Crippen LogP contribution < -0.4 is 5.32 Å². The molecule has 0 bridgehead atoms. The molecule has 0 aromatic heterocycles. The Bertz CT molecular complexity index is 193. The molecule has 0 aromatic carbocycles. The number of hydrogen-bond donors (Lipinski definition) is 1. The highest BCUT2D eigenvalue weighted by molar-refractivity contribution is 4.77. The summed E-state index contributed by atoms with van der Waals surface area (Å²) in [6.45, 7) is 9.23. The van der Waals surface area contributed by atoms with E-state index in [0.29, 0.717) is 25.4 Å². The Morgan fingerprint density at radius 1 is 1.22 bits per heavy atom. The molecule has 0 spiro atoms. The molecular weight excluding hydrogens is 230 g/mol. The van der Waals surface area contributed by atoms with E-state index in [9.17, 15) is 0 Å². The van der Waals surface area contributed by atoms with E-state index in [1.54, 1.807) is 0 Å². The molecule has 1 aliphatic heterocycles. The zero-order valence-electron chi connectivity index (χ0n) is 12.1. The quantitative estimate of drug-likeness (QED) is 0.645. The van der Waals surface area contributed by atoms with Gasteiger partial charge < -0.3 is 19.5 Å². The lowest BCUT2D eigenvalue weighted by Crippen LogP contribution is -2.43. The molecule has 18 heavy (non-hydrogen) atoms. The van der Waals surface area contributed by atoms with E-state index >= 15 is 0 Å². The van der Waals surface area contributed by atoms with E-state index in [1.165, 1.54) is 12.8 Å². The van der Waals surface area contributed by atoms with Gasteiger partial charge in [0.05, 0.1) is 6.10 Å². The Morgan fingerprint density at radius 2 is 1.94 bits per heavy atom. The summed E-state index contributed by atoms with van der Waals surface area (Å²) in [4.78, 5) is 0. The SMILES string of the molecule is CCCC1CC(NCC(OCC)OCC)CCO1. The summed E-state index contributed by atoms with van der Waals surface area (Å²) in [6.07, 6.45) is 4.87. The van der Waals surface area contributed by atoms with Crippen LogP contribution in [-0.2, 0) is 14.2 Å². The largest absolute Gasteiger partial charge is 0.378 e. The molecule has 1 N–H and O–H groups in total. The highest BCUT2D eigenvalue weighted by atomic mass is 16.7. The first-order chi connectivity index (χ1) is 8.80. The molecule has 0 aromatic rings. The van der Waals surface area contributed by atoms with Crippen LogP contribution in [0.15, 0.2) is 0 Å². The standard InChI is InChI=1S/C14H29NO3/c1-4-7-13-10-12(8-9-18-13)15-11-14(16-5-2)17-6-3/h12-15H,4-11H2,1-3H3. The number of hydrogen-bond acceptors (Lipinski definition) is 4. The molecule has 4 nitrogen and oxygen atoms in total. The maximum atomic E-state index is 5.75. The van der Waals surface area contributed by atoms with Crippen molar-refractivity contribution in [3.05, 3.63) is 0 Å². The van der Waals surface area contributed by atoms with Crippen molar-refractivity contribution in [2.45, 2.75) is 64.9 Å². The van der Waals surface area contributed by atoms with Crippen molar-refractivity contribution in [3.63, 3.8) is 0 Å². The van der Waals surface area contributed by atoms with Gasteiger partial charge in [-0.05, 0) is 33.1 Å². The Labute approximate surface area is 111 Å². The molecule has 4 heteroatoms. The molecule has 0 aliphatic carbocycles. The second-order valence-electron chi connectivity index (χ2n) is 4.75. The maximum absolute atomic E-state index is 5.75. The van der Waals surface area contributed by atoms with Crippen molar-refractivity contribution in [2.75, 3.05) is 26.4 Å². The number of rotatable bonds is 9. The molecular formula is C14H29NO3. The predicted octanol–water partition coefficient (Wildman–Crippen LogP) is 2.32. The summed E-state index contributed by atoms with van der Waals surface area (Å²) in [7, 11) is 0. The normalized spacial score (nSPS) is 24.7. The van der Waals surface area contributed by atoms with Crippen molar-refractivity contribution < 1.29 is 14.2 Å². The summed E-state index contributed by atoms with van der Waals surface area (Å²) in [5.74, 6) is 0. The minimum atomic E-state index is -0.118. The van der Waals surface area contributed by atoms with Gasteiger partial charge in [-0.3, -0.25) is 0 Å². The second kappa shape index (κ2) is 9.73. The minimum absolute atomic E-state index is 0.118. The van der Waals surface area contributed by atoms with E-state index in [2.05, 4.69) is 12.2 Å². The third-order valence-corrected chi connectivity index (χ3v) is 3.26. The van der Waals surface area contributed by atoms with Gasteiger partial charge in [-0.1, -0.05) is 13.3 Å². The molecule has 0 radical (unpaired) electrons. The van der Waals surface area contributed by atoms with Crippen LogP contribution in [0.4, 0.5) is 0 Å². The monoisotopic (exact) mass is 259 g/mol. The van der Waals surface area contributed by atoms with Crippen LogP contribution >= 0.6 is 0 Å². The summed E-state index contributed by atoms with van der Waals surface area (Å²) in [5.41, 5.74) is 0. The third-order valence-electron chi connectivity index (χ3n) is 3.26. The number of nitrogens with one attached hydrogen (secondary N) is 1. The zero-order valence-corrected chi connectivity index (χ0v) is 12.1. The Kier molecular flexibility index (Phi) is 8.59. The molecule has 108 valence electrons. The van der Waals surface area contributed by atoms with E-state index in [-0.39, 0.29) is 6.29 Å². The second-order valence-corrected chi connectivity index (χ2v) is 4.75. The average molecular weight is 259 g/mol. The lowest BCUT2D eigenvalue weighted by Gasteiger charge is -2.31. The average Bonchev–Trinajstić information content (AvgIpc) is 2.37. The summed E-state index contributed by atoms with van der Waals surface area (Å²) >= 11 is 0. The predicted molar refractivity (Wildman–Crippen MR) is 72.7 cm³/mol. The first kappa shape index (κ1) is 15.9. The van der Waals surface area contributed by atoms with Crippen LogP contribution in [0.5, 0.6) is 0 Å². The fourth-order valence-electron chi connectivity index (χ4n) is 2.39. The van der Waals surface area contributed by atoms with E-state index in [0.717, 1.165) is 26.0 Å². The molecule has 1 saturated heterocycles. The van der Waals surface area contributed by atoms with Crippen molar-refractivity contribution >= 4 is 0 Å². The van der Waals surface area contributed by atoms with Crippen LogP contribution in [0, 0.1) is 0 Å². The van der Waals surface area contributed by atoms with Crippen molar-refractivity contribution in [3.8, 4) is 0 Å². The van der Waals surface area contributed by atoms with Crippen LogP contribution in [0.3, 0.4) is 0 Å². The molecule has 2 atom stereocenters. The first-order valence-corrected chi connectivity index (χ1v) is 7.38. The molecule has 1 aliphatic rings. The van der Waals surface area contributed by atoms with Crippen molar-refractivity contribution in [1.82, 2.24) is 5.32 Å². The minimum Gasteiger partial charge on any atom is -0.378 e. The van der Waals surface area contributed by atoms with Crippen molar-refractivity contribution in [1.29, 1.82) is 0 Å². The summed E-state index contributed by atoms with van der Waals surface area (Å²) in [6, 6.07) is 0.540. The molecule has 1 fully saturated rings. The summed E-state index contributed by atoms with van der Waals surface area (Å²) in [5, 5.41) is 3.55. The van der Waals surface area contributed by atoms with Crippen LogP contribution in [0.1, 0.15) is 46.5 Å². The van der Waals surface area contributed by atoms with Gasteiger partial charge in [-0.25, -0.2) is 0 Å². The lowest BCUT2D eigenvalue weighted by atomic mass is 10.0. The Hall–Kier alpha value is -0.160. The molecule has 1 rings (SSSR count). The molecule has 0 amide bonds. The first-order valence-electron chi connectivity index (χ1n) is 7.38. The fraction of sp³-hybridized carbons (Fsp3) is 1.00. The van der Waals surface area contributed by atoms with Crippen LogP contribution in [0.2, 0.25) is 0 Å². The molecule has 0 saturated carbocycles. The fourth-order valence-corrected chi connectivity index (χ4v) is 2.39. The highest BCUT2D eigenvalue weighted by Crippen LogP contribution is 2.17. The van der Waals surface area contributed by atoms with Crippen molar-refractivity contribution in [2.24, 2.45) is 0 Å². The van der Waals surface area contributed by atoms with Gasteiger partial charge in [-0.15, -0.1) is 0 Å².